The number of hydrogen-bond acceptors (Lipinski definition) is 5. The minimum Gasteiger partial charge on any atom is -0.414 e. The highest BCUT2D eigenvalue weighted by Gasteiger charge is 2.56. The second-order valence-electron chi connectivity index (χ2n) is 5.47. The van der Waals surface area contributed by atoms with E-state index in [0.29, 0.717) is 6.42 Å². The van der Waals surface area contributed by atoms with Crippen LogP contribution in [0.2, 0.25) is 5.02 Å². The third kappa shape index (κ3) is 3.55. The van der Waals surface area contributed by atoms with Crippen LogP contribution in [0.25, 0.3) is 0 Å². The molecular formula is C15H16ClFO5S. The molecule has 0 aliphatic heterocycles. The largest absolute Gasteiger partial charge is 0.414 e. The average molecular weight is 363 g/mol. The minimum atomic E-state index is -4.69. The summed E-state index contributed by atoms with van der Waals surface area (Å²) in [6.07, 6.45) is 0.463. The number of sulfone groups is 1. The van der Waals surface area contributed by atoms with Gasteiger partial charge in [-0.3, -0.25) is 9.59 Å². The van der Waals surface area contributed by atoms with Gasteiger partial charge in [-0.25, -0.2) is 8.42 Å². The smallest absolute Gasteiger partial charge is 0.359 e. The lowest BCUT2D eigenvalue weighted by molar-refractivity contribution is -0.173. The maximum absolute atomic E-state index is 15.5. The van der Waals surface area contributed by atoms with E-state index in [1.807, 2.05) is 0 Å². The molecule has 2 rings (SSSR count). The van der Waals surface area contributed by atoms with Gasteiger partial charge in [0.15, 0.2) is 0 Å². The Morgan fingerprint density at radius 2 is 2.13 bits per heavy atom. The lowest BCUT2D eigenvalue weighted by Gasteiger charge is -2.34. The molecule has 1 saturated carbocycles. The van der Waals surface area contributed by atoms with Gasteiger partial charge in [0.05, 0.1) is 10.8 Å². The summed E-state index contributed by atoms with van der Waals surface area (Å²) in [5.41, 5.74) is 0. The third-order valence-electron chi connectivity index (χ3n) is 3.73. The van der Waals surface area contributed by atoms with Crippen molar-refractivity contribution >= 4 is 33.2 Å². The summed E-state index contributed by atoms with van der Waals surface area (Å²) < 4.78 is 45.5. The lowest BCUT2D eigenvalue weighted by atomic mass is 9.88. The van der Waals surface area contributed by atoms with Crippen molar-refractivity contribution in [3.8, 4) is 0 Å². The van der Waals surface area contributed by atoms with E-state index in [2.05, 4.69) is 4.74 Å². The maximum Gasteiger partial charge on any atom is 0.359 e. The fourth-order valence-electron chi connectivity index (χ4n) is 2.67. The van der Waals surface area contributed by atoms with Crippen LogP contribution in [0, 0.1) is 5.92 Å². The zero-order chi connectivity index (χ0) is 17.3. The Morgan fingerprint density at radius 3 is 2.70 bits per heavy atom. The van der Waals surface area contributed by atoms with Gasteiger partial charge >= 0.3 is 11.2 Å². The van der Waals surface area contributed by atoms with E-state index in [4.69, 9.17) is 11.6 Å². The highest BCUT2D eigenvalue weighted by atomic mass is 35.5. The van der Waals surface area contributed by atoms with Gasteiger partial charge in [-0.1, -0.05) is 17.7 Å². The Morgan fingerprint density at radius 1 is 1.43 bits per heavy atom. The first-order valence-corrected chi connectivity index (χ1v) is 8.93. The summed E-state index contributed by atoms with van der Waals surface area (Å²) >= 11 is 5.77. The Labute approximate surface area is 138 Å². The van der Waals surface area contributed by atoms with Gasteiger partial charge in [-0.05, 0) is 31.0 Å². The van der Waals surface area contributed by atoms with Gasteiger partial charge in [0.1, 0.15) is 5.78 Å². The van der Waals surface area contributed by atoms with E-state index in [1.165, 1.54) is 18.2 Å². The fraction of sp³-hybridized carbons (Fsp3) is 0.467. The number of benzene rings is 1. The molecule has 1 aliphatic carbocycles. The second-order valence-corrected chi connectivity index (χ2v) is 7.94. The predicted molar refractivity (Wildman–Crippen MR) is 81.2 cm³/mol. The van der Waals surface area contributed by atoms with E-state index in [1.54, 1.807) is 0 Å². The molecule has 1 aliphatic rings. The van der Waals surface area contributed by atoms with Crippen LogP contribution in [-0.4, -0.2) is 25.4 Å². The quantitative estimate of drug-likeness (QED) is 0.769. The van der Waals surface area contributed by atoms with Gasteiger partial charge in [-0.15, -0.1) is 0 Å². The summed E-state index contributed by atoms with van der Waals surface area (Å²) in [6.45, 7) is 0.923. The van der Waals surface area contributed by atoms with Gasteiger partial charge in [-0.2, -0.15) is 4.39 Å². The molecule has 1 fully saturated rings. The number of esters is 1. The molecule has 126 valence electrons. The molecule has 0 bridgehead atoms. The van der Waals surface area contributed by atoms with E-state index in [0.717, 1.165) is 13.0 Å². The number of halogens is 2. The molecule has 0 amide bonds. The summed E-state index contributed by atoms with van der Waals surface area (Å²) in [5, 5.41) is -3.18. The standard InChI is InChI=1S/C15H16ClFO5S/c1-10(18)22-15(17,11-4-2-6-13(19)8-11)23(20,21)14-7-3-5-12(16)9-14/h3,5,7,9,11H,2,4,6,8H2,1H3. The zero-order valence-electron chi connectivity index (χ0n) is 12.4. The van der Waals surface area contributed by atoms with Crippen LogP contribution in [0.5, 0.6) is 0 Å². The molecule has 0 saturated heterocycles. The Balaban J connectivity index is 2.52. The predicted octanol–water partition coefficient (Wildman–Crippen LogP) is 3.06. The van der Waals surface area contributed by atoms with Crippen LogP contribution in [0.3, 0.4) is 0 Å². The molecule has 0 radical (unpaired) electrons. The summed E-state index contributed by atoms with van der Waals surface area (Å²) in [6, 6.07) is 5.05. The number of ether oxygens (including phenoxy) is 1. The molecule has 23 heavy (non-hydrogen) atoms. The Hall–Kier alpha value is -1.47. The van der Waals surface area contributed by atoms with Crippen molar-refractivity contribution in [2.75, 3.05) is 0 Å². The number of hydrogen-bond donors (Lipinski definition) is 0. The highest BCUT2D eigenvalue weighted by molar-refractivity contribution is 7.92. The monoisotopic (exact) mass is 362 g/mol. The lowest BCUT2D eigenvalue weighted by Crippen LogP contribution is -2.47. The molecule has 2 atom stereocenters. The number of carbonyl (C=O) groups excluding carboxylic acids is 2. The van der Waals surface area contributed by atoms with E-state index >= 15 is 4.39 Å². The van der Waals surface area contributed by atoms with E-state index in [9.17, 15) is 18.0 Å². The maximum atomic E-state index is 15.5. The number of ketones is 1. The molecule has 0 heterocycles. The number of Topliss-reactive ketones (excluding diaryl/α,β-unsaturated/α-hetero) is 1. The number of carbonyl (C=O) groups is 2. The van der Waals surface area contributed by atoms with Crippen LogP contribution in [0.1, 0.15) is 32.6 Å². The molecule has 8 heteroatoms. The van der Waals surface area contributed by atoms with Crippen molar-refractivity contribution in [2.45, 2.75) is 42.7 Å². The third-order valence-corrected chi connectivity index (χ3v) is 5.98. The number of rotatable bonds is 4. The molecule has 2 unspecified atom stereocenters. The van der Waals surface area contributed by atoms with Gasteiger partial charge in [0.25, 0.3) is 9.84 Å². The van der Waals surface area contributed by atoms with Crippen LogP contribution >= 0.6 is 11.6 Å². The minimum absolute atomic E-state index is 0.107. The van der Waals surface area contributed by atoms with E-state index < -0.39 is 31.8 Å². The first kappa shape index (κ1) is 17.9. The summed E-state index contributed by atoms with van der Waals surface area (Å²) in [7, 11) is -4.69. The van der Waals surface area contributed by atoms with Gasteiger partial charge in [0, 0.05) is 24.8 Å². The highest BCUT2D eigenvalue weighted by Crippen LogP contribution is 2.42. The average Bonchev–Trinajstić information content (AvgIpc) is 2.46. The van der Waals surface area contributed by atoms with Crippen molar-refractivity contribution < 1.29 is 27.1 Å². The molecule has 0 spiro atoms. The van der Waals surface area contributed by atoms with E-state index in [-0.39, 0.29) is 30.1 Å². The summed E-state index contributed by atoms with van der Waals surface area (Å²) in [4.78, 5) is 22.5. The fourth-order valence-corrected chi connectivity index (χ4v) is 4.65. The van der Waals surface area contributed by atoms with Crippen LogP contribution in [0.4, 0.5) is 4.39 Å². The molecule has 5 nitrogen and oxygen atoms in total. The van der Waals surface area contributed by atoms with Crippen molar-refractivity contribution in [3.63, 3.8) is 0 Å². The molecule has 1 aromatic rings. The molecule has 0 aromatic heterocycles. The normalized spacial score (nSPS) is 21.5. The van der Waals surface area contributed by atoms with Gasteiger partial charge < -0.3 is 4.74 Å². The zero-order valence-corrected chi connectivity index (χ0v) is 14.0. The van der Waals surface area contributed by atoms with Crippen molar-refractivity contribution in [3.05, 3.63) is 29.3 Å². The molecular weight excluding hydrogens is 347 g/mol. The first-order chi connectivity index (χ1) is 10.7. The van der Waals surface area contributed by atoms with Crippen molar-refractivity contribution in [1.29, 1.82) is 0 Å². The Kier molecular flexibility index (Phi) is 5.10. The van der Waals surface area contributed by atoms with Crippen molar-refractivity contribution in [1.82, 2.24) is 0 Å². The first-order valence-electron chi connectivity index (χ1n) is 7.07. The number of alkyl halides is 1. The van der Waals surface area contributed by atoms with Crippen LogP contribution in [0.15, 0.2) is 29.2 Å². The SMILES string of the molecule is CC(=O)OC(F)(C1CCCC(=O)C1)S(=O)(=O)c1cccc(Cl)c1. The van der Waals surface area contributed by atoms with Crippen LogP contribution in [-0.2, 0) is 24.2 Å². The molecule has 1 aromatic carbocycles. The summed E-state index contributed by atoms with van der Waals surface area (Å²) in [5.74, 6) is -2.57. The Bertz CT molecular complexity index is 733. The van der Waals surface area contributed by atoms with Crippen molar-refractivity contribution in [2.24, 2.45) is 5.92 Å². The topological polar surface area (TPSA) is 77.5 Å². The second kappa shape index (κ2) is 6.57. The van der Waals surface area contributed by atoms with Crippen LogP contribution < -0.4 is 0 Å². The molecule has 0 N–H and O–H groups in total. The van der Waals surface area contributed by atoms with Gasteiger partial charge in [0.2, 0.25) is 0 Å².